The number of thiophene rings is 1. The number of ether oxygens (including phenoxy) is 1. The molecule has 1 aromatic carbocycles. The van der Waals surface area contributed by atoms with Crippen molar-refractivity contribution in [3.05, 3.63) is 51.7 Å². The second-order valence-electron chi connectivity index (χ2n) is 5.01. The zero-order chi connectivity index (χ0) is 13.8. The minimum absolute atomic E-state index is 0.459. The van der Waals surface area contributed by atoms with Crippen LogP contribution in [0.5, 0.6) is 5.75 Å². The molecule has 1 aromatic heterocycles. The Morgan fingerprint density at radius 3 is 2.42 bits per heavy atom. The van der Waals surface area contributed by atoms with Gasteiger partial charge in [-0.2, -0.15) is 0 Å². The van der Waals surface area contributed by atoms with Crippen LogP contribution in [0.25, 0.3) is 0 Å². The highest BCUT2D eigenvalue weighted by Crippen LogP contribution is 2.29. The molecule has 1 N–H and O–H groups in total. The number of hydrogen-bond donors (Lipinski definition) is 1. The summed E-state index contributed by atoms with van der Waals surface area (Å²) >= 11 is 1.53. The Morgan fingerprint density at radius 1 is 1.21 bits per heavy atom. The second kappa shape index (κ2) is 6.22. The van der Waals surface area contributed by atoms with Crippen molar-refractivity contribution >= 4 is 11.3 Å². The molecule has 0 aliphatic carbocycles. The van der Waals surface area contributed by atoms with E-state index in [1.807, 2.05) is 11.4 Å². The van der Waals surface area contributed by atoms with Crippen LogP contribution < -0.4 is 4.74 Å². The molecule has 2 nitrogen and oxygen atoms in total. The number of aliphatic hydroxyl groups excluding tert-OH is 1. The zero-order valence-corrected chi connectivity index (χ0v) is 12.4. The van der Waals surface area contributed by atoms with Crippen molar-refractivity contribution in [2.24, 2.45) is 0 Å². The summed E-state index contributed by atoms with van der Waals surface area (Å²) in [6, 6.07) is 10.4. The van der Waals surface area contributed by atoms with Gasteiger partial charge in [0.05, 0.1) is 13.2 Å². The molecule has 0 aliphatic heterocycles. The summed E-state index contributed by atoms with van der Waals surface area (Å²) in [6.07, 6.45) is 0.181. The van der Waals surface area contributed by atoms with Crippen molar-refractivity contribution in [1.29, 1.82) is 0 Å². The highest BCUT2D eigenvalue weighted by atomic mass is 32.1. The maximum atomic E-state index is 10.2. The smallest absolute Gasteiger partial charge is 0.129 e. The Balaban J connectivity index is 2.03. The van der Waals surface area contributed by atoms with Gasteiger partial charge in [-0.05, 0) is 23.1 Å². The average Bonchev–Trinajstić information content (AvgIpc) is 2.88. The molecular formula is C16H20O2S. The number of hydrogen-bond acceptors (Lipinski definition) is 3. The van der Waals surface area contributed by atoms with Crippen molar-refractivity contribution in [3.63, 3.8) is 0 Å². The molecule has 0 aliphatic rings. The number of methoxy groups -OCH3 is 1. The summed E-state index contributed by atoms with van der Waals surface area (Å²) in [7, 11) is 1.64. The van der Waals surface area contributed by atoms with Crippen molar-refractivity contribution < 1.29 is 9.84 Å². The fraction of sp³-hybridized carbons (Fsp3) is 0.375. The van der Waals surface area contributed by atoms with E-state index in [1.54, 1.807) is 7.11 Å². The first-order valence-corrected chi connectivity index (χ1v) is 7.37. The van der Waals surface area contributed by atoms with Crippen LogP contribution in [0, 0.1) is 0 Å². The maximum Gasteiger partial charge on any atom is 0.129 e. The van der Waals surface area contributed by atoms with E-state index in [0.717, 1.165) is 16.2 Å². The van der Waals surface area contributed by atoms with Crippen molar-refractivity contribution in [2.45, 2.75) is 32.3 Å². The largest absolute Gasteiger partial charge is 0.496 e. The Bertz CT molecular complexity index is 514. The van der Waals surface area contributed by atoms with E-state index in [-0.39, 0.29) is 0 Å². The van der Waals surface area contributed by atoms with Crippen LogP contribution >= 0.6 is 11.3 Å². The van der Waals surface area contributed by atoms with Gasteiger partial charge in [0.25, 0.3) is 0 Å². The monoisotopic (exact) mass is 276 g/mol. The fourth-order valence-corrected chi connectivity index (χ4v) is 2.82. The van der Waals surface area contributed by atoms with Gasteiger partial charge in [-0.25, -0.2) is 0 Å². The predicted molar refractivity (Wildman–Crippen MR) is 80.1 cm³/mol. The van der Waals surface area contributed by atoms with Gasteiger partial charge in [-0.1, -0.05) is 38.1 Å². The third-order valence-corrected chi connectivity index (χ3v) is 4.25. The standard InChI is InChI=1S/C16H20O2S/c1-11(2)13-6-4-12(5-7-13)8-15(17)16-9-14(18-3)10-19-16/h4-7,9-11,15,17H,8H2,1-3H3. The Labute approximate surface area is 118 Å². The third-order valence-electron chi connectivity index (χ3n) is 3.24. The second-order valence-corrected chi connectivity index (χ2v) is 5.95. The summed E-state index contributed by atoms with van der Waals surface area (Å²) in [5.41, 5.74) is 2.49. The van der Waals surface area contributed by atoms with Gasteiger partial charge in [0.15, 0.2) is 0 Å². The fourth-order valence-electron chi connectivity index (χ4n) is 1.98. The van der Waals surface area contributed by atoms with Crippen LogP contribution in [-0.2, 0) is 6.42 Å². The lowest BCUT2D eigenvalue weighted by molar-refractivity contribution is 0.182. The van der Waals surface area contributed by atoms with Gasteiger partial charge in [0, 0.05) is 16.7 Å². The SMILES string of the molecule is COc1csc(C(O)Cc2ccc(C(C)C)cc2)c1. The molecular weight excluding hydrogens is 256 g/mol. The molecule has 3 heteroatoms. The topological polar surface area (TPSA) is 29.5 Å². The van der Waals surface area contributed by atoms with E-state index < -0.39 is 6.10 Å². The summed E-state index contributed by atoms with van der Waals surface area (Å²) in [4.78, 5) is 0.949. The lowest BCUT2D eigenvalue weighted by atomic mass is 9.99. The summed E-state index contributed by atoms with van der Waals surface area (Å²) in [5.74, 6) is 1.36. The van der Waals surface area contributed by atoms with Crippen molar-refractivity contribution in [3.8, 4) is 5.75 Å². The number of benzene rings is 1. The van der Waals surface area contributed by atoms with E-state index >= 15 is 0 Å². The van der Waals surface area contributed by atoms with Crippen molar-refractivity contribution in [1.82, 2.24) is 0 Å². The van der Waals surface area contributed by atoms with Crippen LogP contribution in [-0.4, -0.2) is 12.2 Å². The molecule has 2 rings (SSSR count). The molecule has 0 fully saturated rings. The Morgan fingerprint density at radius 2 is 1.89 bits per heavy atom. The van der Waals surface area contributed by atoms with Crippen LogP contribution in [0.4, 0.5) is 0 Å². The molecule has 0 bridgehead atoms. The molecule has 102 valence electrons. The molecule has 19 heavy (non-hydrogen) atoms. The van der Waals surface area contributed by atoms with E-state index in [2.05, 4.69) is 38.1 Å². The van der Waals surface area contributed by atoms with E-state index in [4.69, 9.17) is 4.74 Å². The lowest BCUT2D eigenvalue weighted by Gasteiger charge is -2.10. The predicted octanol–water partition coefficient (Wildman–Crippen LogP) is 4.16. The molecule has 1 unspecified atom stereocenters. The Hall–Kier alpha value is -1.32. The zero-order valence-electron chi connectivity index (χ0n) is 11.6. The average molecular weight is 276 g/mol. The normalized spacial score (nSPS) is 12.7. The minimum atomic E-state index is -0.459. The third kappa shape index (κ3) is 3.58. The van der Waals surface area contributed by atoms with E-state index in [1.165, 1.54) is 16.9 Å². The van der Waals surface area contributed by atoms with Gasteiger partial charge < -0.3 is 9.84 Å². The van der Waals surface area contributed by atoms with Crippen LogP contribution in [0.2, 0.25) is 0 Å². The first-order valence-electron chi connectivity index (χ1n) is 6.49. The summed E-state index contributed by atoms with van der Waals surface area (Å²) < 4.78 is 5.14. The first kappa shape index (κ1) is 14.1. The summed E-state index contributed by atoms with van der Waals surface area (Å²) in [5, 5.41) is 12.1. The molecule has 0 saturated carbocycles. The van der Waals surface area contributed by atoms with Gasteiger partial charge >= 0.3 is 0 Å². The quantitative estimate of drug-likeness (QED) is 0.888. The highest BCUT2D eigenvalue weighted by molar-refractivity contribution is 7.10. The maximum absolute atomic E-state index is 10.2. The van der Waals surface area contributed by atoms with Gasteiger partial charge in [-0.3, -0.25) is 0 Å². The molecule has 2 aromatic rings. The highest BCUT2D eigenvalue weighted by Gasteiger charge is 2.12. The lowest BCUT2D eigenvalue weighted by Crippen LogP contribution is -2.00. The van der Waals surface area contributed by atoms with Crippen LogP contribution in [0.1, 0.15) is 41.9 Å². The number of aliphatic hydroxyl groups is 1. The first-order chi connectivity index (χ1) is 9.10. The van der Waals surface area contributed by atoms with Crippen LogP contribution in [0.15, 0.2) is 35.7 Å². The number of rotatable bonds is 5. The van der Waals surface area contributed by atoms with Crippen molar-refractivity contribution in [2.75, 3.05) is 7.11 Å². The van der Waals surface area contributed by atoms with E-state index in [9.17, 15) is 5.11 Å². The molecule has 0 saturated heterocycles. The Kier molecular flexibility index (Phi) is 4.61. The summed E-state index contributed by atoms with van der Waals surface area (Å²) in [6.45, 7) is 4.36. The molecule has 1 heterocycles. The van der Waals surface area contributed by atoms with E-state index in [0.29, 0.717) is 12.3 Å². The minimum Gasteiger partial charge on any atom is -0.496 e. The molecule has 1 atom stereocenters. The van der Waals surface area contributed by atoms with Gasteiger partial charge in [0.2, 0.25) is 0 Å². The van der Waals surface area contributed by atoms with Gasteiger partial charge in [0.1, 0.15) is 5.75 Å². The molecule has 0 spiro atoms. The van der Waals surface area contributed by atoms with Crippen LogP contribution in [0.3, 0.4) is 0 Å². The van der Waals surface area contributed by atoms with Gasteiger partial charge in [-0.15, -0.1) is 11.3 Å². The molecule has 0 radical (unpaired) electrons. The molecule has 0 amide bonds.